The minimum atomic E-state index is -0.964. The van der Waals surface area contributed by atoms with Crippen LogP contribution >= 0.6 is 0 Å². The van der Waals surface area contributed by atoms with Crippen LogP contribution in [-0.4, -0.2) is 21.3 Å². The molecule has 0 aliphatic heterocycles. The summed E-state index contributed by atoms with van der Waals surface area (Å²) < 4.78 is 1.80. The van der Waals surface area contributed by atoms with E-state index in [2.05, 4.69) is 0 Å². The zero-order valence-electron chi connectivity index (χ0n) is 10.3. The number of ketones is 1. The van der Waals surface area contributed by atoms with Gasteiger partial charge in [0.25, 0.3) is 0 Å². The summed E-state index contributed by atoms with van der Waals surface area (Å²) in [6.07, 6.45) is 1.80. The van der Waals surface area contributed by atoms with Crippen molar-refractivity contribution in [3.8, 4) is 0 Å². The number of hydrogen-bond donors (Lipinski definition) is 1. The summed E-state index contributed by atoms with van der Waals surface area (Å²) >= 11 is 0. The van der Waals surface area contributed by atoms with Gasteiger partial charge in [-0.2, -0.15) is 0 Å². The molecule has 4 nitrogen and oxygen atoms in total. The summed E-state index contributed by atoms with van der Waals surface area (Å²) in [5.41, 5.74) is 2.21. The van der Waals surface area contributed by atoms with Crippen LogP contribution in [0.3, 0.4) is 0 Å². The average Bonchev–Trinajstić information content (AvgIpc) is 2.72. The van der Waals surface area contributed by atoms with Crippen LogP contribution in [0, 0.1) is 0 Å². The third-order valence-corrected chi connectivity index (χ3v) is 3.26. The summed E-state index contributed by atoms with van der Waals surface area (Å²) in [4.78, 5) is 22.9. The normalized spacial score (nSPS) is 11.0. The summed E-state index contributed by atoms with van der Waals surface area (Å²) in [7, 11) is 0. The fourth-order valence-corrected chi connectivity index (χ4v) is 2.38. The van der Waals surface area contributed by atoms with Gasteiger partial charge in [-0.3, -0.25) is 4.79 Å². The van der Waals surface area contributed by atoms with Crippen molar-refractivity contribution in [2.45, 2.75) is 6.92 Å². The Hall–Kier alpha value is -2.62. The number of benzene rings is 1. The molecule has 2 heterocycles. The predicted molar refractivity (Wildman–Crippen MR) is 71.9 cm³/mol. The number of pyridine rings is 1. The van der Waals surface area contributed by atoms with E-state index in [1.54, 1.807) is 40.9 Å². The van der Waals surface area contributed by atoms with Gasteiger partial charge in [0.15, 0.2) is 5.78 Å². The number of fused-ring (bicyclic) bond motifs is 3. The summed E-state index contributed by atoms with van der Waals surface area (Å²) in [6, 6.07) is 10.5. The molecule has 0 saturated carbocycles. The number of rotatable bonds is 2. The number of Topliss-reactive ketones (excluding diaryl/α,β-unsaturated/α-hetero) is 1. The number of nitrogens with zero attached hydrogens (tertiary/aromatic N) is 1. The number of carbonyl (C=O) groups excluding carboxylic acids is 1. The van der Waals surface area contributed by atoms with Crippen molar-refractivity contribution in [1.82, 2.24) is 4.40 Å². The van der Waals surface area contributed by atoms with Gasteiger partial charge >= 0.3 is 5.97 Å². The first-order valence-electron chi connectivity index (χ1n) is 5.86. The van der Waals surface area contributed by atoms with Gasteiger partial charge in [-0.05, 0) is 25.1 Å². The molecular weight excluding hydrogens is 242 g/mol. The Kier molecular flexibility index (Phi) is 2.38. The van der Waals surface area contributed by atoms with Crippen LogP contribution in [0.4, 0.5) is 0 Å². The van der Waals surface area contributed by atoms with Crippen molar-refractivity contribution in [2.24, 2.45) is 0 Å². The van der Waals surface area contributed by atoms with Gasteiger partial charge in [0.1, 0.15) is 0 Å². The fourth-order valence-electron chi connectivity index (χ4n) is 2.38. The third kappa shape index (κ3) is 1.61. The fraction of sp³-hybridized carbons (Fsp3) is 0.0667. The molecule has 1 aromatic carbocycles. The molecule has 19 heavy (non-hydrogen) atoms. The molecule has 0 fully saturated rings. The van der Waals surface area contributed by atoms with Crippen LogP contribution in [0.1, 0.15) is 27.6 Å². The zero-order valence-corrected chi connectivity index (χ0v) is 10.3. The van der Waals surface area contributed by atoms with Gasteiger partial charge in [0, 0.05) is 17.1 Å². The lowest BCUT2D eigenvalue weighted by Gasteiger charge is -1.98. The second-order valence-electron chi connectivity index (χ2n) is 4.42. The van der Waals surface area contributed by atoms with Crippen LogP contribution < -0.4 is 0 Å². The maximum Gasteiger partial charge on any atom is 0.338 e. The average molecular weight is 253 g/mol. The number of hydrogen-bond acceptors (Lipinski definition) is 2. The van der Waals surface area contributed by atoms with Gasteiger partial charge in [-0.15, -0.1) is 0 Å². The largest absolute Gasteiger partial charge is 0.478 e. The number of carboxylic acids is 1. The molecule has 1 N–H and O–H groups in total. The lowest BCUT2D eigenvalue weighted by molar-refractivity contribution is 0.0701. The van der Waals surface area contributed by atoms with Crippen molar-refractivity contribution in [1.29, 1.82) is 0 Å². The molecule has 94 valence electrons. The highest BCUT2D eigenvalue weighted by atomic mass is 16.4. The van der Waals surface area contributed by atoms with Crippen LogP contribution in [0.25, 0.3) is 16.4 Å². The van der Waals surface area contributed by atoms with Crippen molar-refractivity contribution in [2.75, 3.05) is 0 Å². The smallest absolute Gasteiger partial charge is 0.338 e. The molecule has 0 amide bonds. The van der Waals surface area contributed by atoms with E-state index in [0.29, 0.717) is 16.5 Å². The Balaban J connectivity index is 2.52. The van der Waals surface area contributed by atoms with Gasteiger partial charge < -0.3 is 9.51 Å². The Morgan fingerprint density at radius 3 is 2.58 bits per heavy atom. The Labute approximate surface area is 108 Å². The molecule has 0 atom stereocenters. The first-order valence-corrected chi connectivity index (χ1v) is 5.86. The molecular formula is C15H11NO3. The van der Waals surface area contributed by atoms with E-state index < -0.39 is 5.97 Å². The van der Waals surface area contributed by atoms with Crippen molar-refractivity contribution >= 4 is 28.2 Å². The van der Waals surface area contributed by atoms with Crippen molar-refractivity contribution < 1.29 is 14.7 Å². The second kappa shape index (κ2) is 3.95. The SMILES string of the molecule is CC(=O)c1ccc2c(C(=O)O)c3ccccn3c2c1. The molecule has 0 saturated heterocycles. The maximum absolute atomic E-state index is 11.4. The van der Waals surface area contributed by atoms with Crippen LogP contribution in [0.2, 0.25) is 0 Å². The molecule has 0 unspecified atom stereocenters. The minimum absolute atomic E-state index is 0.0374. The number of aromatic carboxylic acids is 1. The molecule has 0 spiro atoms. The molecule has 0 radical (unpaired) electrons. The number of carbonyl (C=O) groups is 2. The lowest BCUT2D eigenvalue weighted by atomic mass is 10.1. The van der Waals surface area contributed by atoms with Gasteiger partial charge in [-0.25, -0.2) is 4.79 Å². The summed E-state index contributed by atoms with van der Waals surface area (Å²) in [6.45, 7) is 1.50. The monoisotopic (exact) mass is 253 g/mol. The van der Waals surface area contributed by atoms with Gasteiger partial charge in [-0.1, -0.05) is 18.2 Å². The standard InChI is InChI=1S/C15H11NO3/c1-9(17)10-5-6-11-13(8-10)16-7-3-2-4-12(16)14(11)15(18)19/h2-8H,1H3,(H,18,19). The number of carboxylic acid groups (broad SMARTS) is 1. The highest BCUT2D eigenvalue weighted by Gasteiger charge is 2.17. The van der Waals surface area contributed by atoms with E-state index in [1.807, 2.05) is 6.07 Å². The first kappa shape index (κ1) is 11.5. The molecule has 0 aliphatic rings. The maximum atomic E-state index is 11.4. The van der Waals surface area contributed by atoms with E-state index in [9.17, 15) is 14.7 Å². The predicted octanol–water partition coefficient (Wildman–Crippen LogP) is 2.99. The molecule has 3 rings (SSSR count). The van der Waals surface area contributed by atoms with Crippen LogP contribution in [-0.2, 0) is 0 Å². The van der Waals surface area contributed by atoms with E-state index in [-0.39, 0.29) is 11.3 Å². The topological polar surface area (TPSA) is 58.8 Å². The Bertz CT molecular complexity index is 830. The molecule has 0 bridgehead atoms. The van der Waals surface area contributed by atoms with E-state index in [4.69, 9.17) is 0 Å². The van der Waals surface area contributed by atoms with E-state index in [1.165, 1.54) is 6.92 Å². The van der Waals surface area contributed by atoms with Gasteiger partial charge in [0.05, 0.1) is 16.6 Å². The van der Waals surface area contributed by atoms with Crippen LogP contribution in [0.15, 0.2) is 42.6 Å². The highest BCUT2D eigenvalue weighted by Crippen LogP contribution is 2.27. The zero-order chi connectivity index (χ0) is 13.6. The molecule has 2 aromatic heterocycles. The lowest BCUT2D eigenvalue weighted by Crippen LogP contribution is -1.95. The Morgan fingerprint density at radius 2 is 1.89 bits per heavy atom. The second-order valence-corrected chi connectivity index (χ2v) is 4.42. The molecule has 4 heteroatoms. The third-order valence-electron chi connectivity index (χ3n) is 3.26. The highest BCUT2D eigenvalue weighted by molar-refractivity contribution is 6.12. The Morgan fingerprint density at radius 1 is 1.11 bits per heavy atom. The summed E-state index contributed by atoms with van der Waals surface area (Å²) in [5, 5.41) is 10.0. The number of aromatic nitrogens is 1. The van der Waals surface area contributed by atoms with Gasteiger partial charge in [0.2, 0.25) is 0 Å². The van der Waals surface area contributed by atoms with Crippen molar-refractivity contribution in [3.05, 3.63) is 53.7 Å². The van der Waals surface area contributed by atoms with Crippen LogP contribution in [0.5, 0.6) is 0 Å². The quantitative estimate of drug-likeness (QED) is 0.714. The first-order chi connectivity index (χ1) is 9.09. The molecule has 3 aromatic rings. The minimum Gasteiger partial charge on any atom is -0.478 e. The summed E-state index contributed by atoms with van der Waals surface area (Å²) in [5.74, 6) is -1.00. The van der Waals surface area contributed by atoms with E-state index >= 15 is 0 Å². The van der Waals surface area contributed by atoms with Crippen molar-refractivity contribution in [3.63, 3.8) is 0 Å². The molecule has 0 aliphatic carbocycles. The van der Waals surface area contributed by atoms with E-state index in [0.717, 1.165) is 5.52 Å².